The molecule has 0 aliphatic rings. The van der Waals surface area contributed by atoms with Crippen LogP contribution in [-0.4, -0.2) is 23.9 Å². The molecular weight excluding hydrogens is 156 g/mol. The largest absolute Gasteiger partial charge is 0.329 e. The Bertz CT molecular complexity index is 123. The standard InChI is InChI=1S/C8H18N2S/c1-4-8(3)11-10(5-2)7-6-9/h4H,5-7,9H2,1-3H3/b8-4+. The topological polar surface area (TPSA) is 29.3 Å². The van der Waals surface area contributed by atoms with E-state index in [0.29, 0.717) is 0 Å². The van der Waals surface area contributed by atoms with Crippen molar-refractivity contribution in [3.63, 3.8) is 0 Å². The fourth-order valence-electron chi connectivity index (χ4n) is 0.669. The third-order valence-corrected chi connectivity index (χ3v) is 2.63. The van der Waals surface area contributed by atoms with Crippen LogP contribution in [0.5, 0.6) is 0 Å². The second kappa shape index (κ2) is 6.70. The van der Waals surface area contributed by atoms with Gasteiger partial charge in [-0.1, -0.05) is 13.0 Å². The molecule has 0 radical (unpaired) electrons. The highest BCUT2D eigenvalue weighted by molar-refractivity contribution is 8.00. The lowest BCUT2D eigenvalue weighted by Crippen LogP contribution is -2.22. The van der Waals surface area contributed by atoms with E-state index in [1.165, 1.54) is 4.91 Å². The van der Waals surface area contributed by atoms with Gasteiger partial charge >= 0.3 is 0 Å². The van der Waals surface area contributed by atoms with Gasteiger partial charge in [0.1, 0.15) is 0 Å². The number of nitrogens with two attached hydrogens (primary N) is 1. The molecule has 0 unspecified atom stereocenters. The van der Waals surface area contributed by atoms with Crippen molar-refractivity contribution in [1.29, 1.82) is 0 Å². The van der Waals surface area contributed by atoms with E-state index in [1.807, 2.05) is 0 Å². The molecule has 0 amide bonds. The third-order valence-electron chi connectivity index (χ3n) is 1.41. The van der Waals surface area contributed by atoms with E-state index in [9.17, 15) is 0 Å². The second-order valence-corrected chi connectivity index (χ2v) is 3.64. The van der Waals surface area contributed by atoms with Gasteiger partial charge < -0.3 is 5.73 Å². The summed E-state index contributed by atoms with van der Waals surface area (Å²) in [4.78, 5) is 1.33. The number of allylic oxidation sites excluding steroid dienone is 2. The van der Waals surface area contributed by atoms with Gasteiger partial charge in [0.05, 0.1) is 0 Å². The van der Waals surface area contributed by atoms with Gasteiger partial charge in [-0.25, -0.2) is 4.31 Å². The maximum atomic E-state index is 5.45. The van der Waals surface area contributed by atoms with Crippen molar-refractivity contribution in [2.75, 3.05) is 19.6 Å². The monoisotopic (exact) mass is 174 g/mol. The highest BCUT2D eigenvalue weighted by atomic mass is 32.2. The SMILES string of the molecule is C/C=C(\C)SN(CC)CCN. The molecule has 0 atom stereocenters. The molecular formula is C8H18N2S. The Morgan fingerprint density at radius 1 is 1.64 bits per heavy atom. The summed E-state index contributed by atoms with van der Waals surface area (Å²) in [6.45, 7) is 9.06. The summed E-state index contributed by atoms with van der Waals surface area (Å²) in [5.74, 6) is 0. The van der Waals surface area contributed by atoms with Gasteiger partial charge in [-0.3, -0.25) is 0 Å². The fraction of sp³-hybridized carbons (Fsp3) is 0.750. The lowest BCUT2D eigenvalue weighted by atomic mass is 10.6. The quantitative estimate of drug-likeness (QED) is 0.645. The van der Waals surface area contributed by atoms with Crippen LogP contribution in [0.1, 0.15) is 20.8 Å². The Balaban J connectivity index is 3.68. The zero-order valence-corrected chi connectivity index (χ0v) is 8.45. The van der Waals surface area contributed by atoms with Gasteiger partial charge in [-0.05, 0) is 30.7 Å². The van der Waals surface area contributed by atoms with Crippen LogP contribution in [0.4, 0.5) is 0 Å². The zero-order valence-electron chi connectivity index (χ0n) is 7.63. The van der Waals surface area contributed by atoms with Gasteiger partial charge in [-0.2, -0.15) is 0 Å². The van der Waals surface area contributed by atoms with E-state index in [0.717, 1.165) is 19.6 Å². The molecule has 0 aromatic rings. The molecule has 2 nitrogen and oxygen atoms in total. The highest BCUT2D eigenvalue weighted by Crippen LogP contribution is 2.18. The Hall–Kier alpha value is 0.01000. The van der Waals surface area contributed by atoms with Crippen molar-refractivity contribution in [1.82, 2.24) is 4.31 Å². The Morgan fingerprint density at radius 3 is 2.64 bits per heavy atom. The van der Waals surface area contributed by atoms with Crippen molar-refractivity contribution in [3.05, 3.63) is 11.0 Å². The Morgan fingerprint density at radius 2 is 2.27 bits per heavy atom. The summed E-state index contributed by atoms with van der Waals surface area (Å²) in [5.41, 5.74) is 5.45. The minimum Gasteiger partial charge on any atom is -0.329 e. The number of rotatable bonds is 5. The highest BCUT2D eigenvalue weighted by Gasteiger charge is 2.00. The first-order chi connectivity index (χ1) is 5.24. The molecule has 0 heterocycles. The number of likely N-dealkylation sites (N-methyl/N-ethyl adjacent to an activating group) is 1. The molecule has 0 saturated carbocycles. The fourth-order valence-corrected chi connectivity index (χ4v) is 1.51. The van der Waals surface area contributed by atoms with Crippen molar-refractivity contribution in [2.24, 2.45) is 5.73 Å². The molecule has 0 fully saturated rings. The Labute approximate surface area is 74.0 Å². The normalized spacial score (nSPS) is 12.6. The summed E-state index contributed by atoms with van der Waals surface area (Å²) in [5, 5.41) is 0. The lowest BCUT2D eigenvalue weighted by molar-refractivity contribution is 0.509. The second-order valence-electron chi connectivity index (χ2n) is 2.30. The van der Waals surface area contributed by atoms with Gasteiger partial charge in [-0.15, -0.1) is 0 Å². The maximum absolute atomic E-state index is 5.45. The van der Waals surface area contributed by atoms with Crippen LogP contribution in [0.15, 0.2) is 11.0 Å². The molecule has 0 saturated heterocycles. The molecule has 0 aliphatic carbocycles. The van der Waals surface area contributed by atoms with Gasteiger partial charge in [0.2, 0.25) is 0 Å². The first-order valence-electron chi connectivity index (χ1n) is 4.00. The van der Waals surface area contributed by atoms with Gasteiger partial charge in [0.15, 0.2) is 0 Å². The minimum atomic E-state index is 0.734. The van der Waals surface area contributed by atoms with Gasteiger partial charge in [0.25, 0.3) is 0 Å². The Kier molecular flexibility index (Phi) is 6.71. The number of nitrogens with zero attached hydrogens (tertiary/aromatic N) is 1. The summed E-state index contributed by atoms with van der Waals surface area (Å²) in [6.07, 6.45) is 2.11. The van der Waals surface area contributed by atoms with E-state index in [2.05, 4.69) is 31.2 Å². The van der Waals surface area contributed by atoms with Crippen molar-refractivity contribution in [3.8, 4) is 0 Å². The summed E-state index contributed by atoms with van der Waals surface area (Å²) >= 11 is 1.78. The third kappa shape index (κ3) is 5.30. The van der Waals surface area contributed by atoms with Crippen LogP contribution in [0.3, 0.4) is 0 Å². The predicted octanol–water partition coefficient (Wildman–Crippen LogP) is 1.84. The van der Waals surface area contributed by atoms with Crippen LogP contribution in [0.25, 0.3) is 0 Å². The summed E-state index contributed by atoms with van der Waals surface area (Å²) in [7, 11) is 0. The molecule has 2 N–H and O–H groups in total. The minimum absolute atomic E-state index is 0.734. The molecule has 0 aromatic heterocycles. The predicted molar refractivity (Wildman–Crippen MR) is 53.3 cm³/mol. The van der Waals surface area contributed by atoms with E-state index in [4.69, 9.17) is 5.73 Å². The zero-order chi connectivity index (χ0) is 8.69. The van der Waals surface area contributed by atoms with Crippen LogP contribution < -0.4 is 5.73 Å². The summed E-state index contributed by atoms with van der Waals surface area (Å²) < 4.78 is 2.26. The smallest absolute Gasteiger partial charge is 0.0216 e. The molecule has 0 bridgehead atoms. The average molecular weight is 174 g/mol. The lowest BCUT2D eigenvalue weighted by Gasteiger charge is -2.17. The number of hydrogen-bond acceptors (Lipinski definition) is 3. The molecule has 0 spiro atoms. The van der Waals surface area contributed by atoms with Crippen LogP contribution in [-0.2, 0) is 0 Å². The van der Waals surface area contributed by atoms with Crippen molar-refractivity contribution < 1.29 is 0 Å². The van der Waals surface area contributed by atoms with Gasteiger partial charge in [0, 0.05) is 19.6 Å². The van der Waals surface area contributed by atoms with E-state index < -0.39 is 0 Å². The van der Waals surface area contributed by atoms with Crippen LogP contribution >= 0.6 is 11.9 Å². The summed E-state index contributed by atoms with van der Waals surface area (Å²) in [6, 6.07) is 0. The van der Waals surface area contributed by atoms with E-state index >= 15 is 0 Å². The van der Waals surface area contributed by atoms with Crippen LogP contribution in [0, 0.1) is 0 Å². The average Bonchev–Trinajstić information content (AvgIpc) is 2.03. The first-order valence-corrected chi connectivity index (χ1v) is 4.77. The molecule has 0 aromatic carbocycles. The molecule has 3 heteroatoms. The molecule has 66 valence electrons. The van der Waals surface area contributed by atoms with E-state index in [1.54, 1.807) is 11.9 Å². The number of hydrogen-bond donors (Lipinski definition) is 1. The molecule has 11 heavy (non-hydrogen) atoms. The van der Waals surface area contributed by atoms with Crippen molar-refractivity contribution >= 4 is 11.9 Å². The van der Waals surface area contributed by atoms with Crippen LogP contribution in [0.2, 0.25) is 0 Å². The molecule has 0 aliphatic heterocycles. The van der Waals surface area contributed by atoms with E-state index in [-0.39, 0.29) is 0 Å². The van der Waals surface area contributed by atoms with Crippen molar-refractivity contribution in [2.45, 2.75) is 20.8 Å². The maximum Gasteiger partial charge on any atom is 0.0216 e. The molecule has 0 rings (SSSR count). The first kappa shape index (κ1) is 11.0.